The highest BCUT2D eigenvalue weighted by molar-refractivity contribution is 5.95. The highest BCUT2D eigenvalue weighted by Crippen LogP contribution is 2.24. The van der Waals surface area contributed by atoms with Crippen LogP contribution in [0.3, 0.4) is 0 Å². The number of hydrogen-bond donors (Lipinski definition) is 3. The summed E-state index contributed by atoms with van der Waals surface area (Å²) < 4.78 is 5.15. The van der Waals surface area contributed by atoms with Gasteiger partial charge >= 0.3 is 0 Å². The van der Waals surface area contributed by atoms with Crippen LogP contribution in [-0.2, 0) is 4.74 Å². The summed E-state index contributed by atoms with van der Waals surface area (Å²) in [5.41, 5.74) is 1.94. The summed E-state index contributed by atoms with van der Waals surface area (Å²) >= 11 is 0. The van der Waals surface area contributed by atoms with Crippen LogP contribution in [0.15, 0.2) is 35.1 Å². The number of amides is 1. The maximum absolute atomic E-state index is 12.7. The van der Waals surface area contributed by atoms with E-state index in [-0.39, 0.29) is 23.3 Å². The Morgan fingerprint density at radius 3 is 2.82 bits per heavy atom. The fourth-order valence-electron chi connectivity index (χ4n) is 3.67. The van der Waals surface area contributed by atoms with E-state index in [1.807, 2.05) is 0 Å². The Bertz CT molecular complexity index is 876. The predicted molar refractivity (Wildman–Crippen MR) is 108 cm³/mol. The first kappa shape index (κ1) is 20.1. The molecule has 0 radical (unpaired) electrons. The second-order valence-electron chi connectivity index (χ2n) is 7.13. The fraction of sp³-hybridized carbons (Fsp3) is 0.429. The molecule has 1 atom stereocenters. The Balaban J connectivity index is 1.73. The lowest BCUT2D eigenvalue weighted by molar-refractivity contribution is 0.0931. The number of aromatic hydroxyl groups is 1. The van der Waals surface area contributed by atoms with E-state index in [2.05, 4.69) is 15.2 Å². The van der Waals surface area contributed by atoms with Crippen molar-refractivity contribution in [3.63, 3.8) is 0 Å². The molecule has 0 aliphatic carbocycles. The van der Waals surface area contributed by atoms with E-state index in [9.17, 15) is 14.7 Å². The Labute approximate surface area is 164 Å². The molecule has 7 nitrogen and oxygen atoms in total. The van der Waals surface area contributed by atoms with Crippen molar-refractivity contribution in [3.8, 4) is 16.9 Å². The first-order valence-corrected chi connectivity index (χ1v) is 9.54. The molecule has 0 bridgehead atoms. The minimum Gasteiger partial charge on any atom is -0.508 e. The predicted octanol–water partition coefficient (Wildman–Crippen LogP) is 1.90. The molecular formula is C21H27N3O4. The third-order valence-electron chi connectivity index (χ3n) is 5.24. The number of rotatable bonds is 7. The van der Waals surface area contributed by atoms with E-state index >= 15 is 0 Å². The zero-order valence-corrected chi connectivity index (χ0v) is 16.3. The van der Waals surface area contributed by atoms with Crippen LogP contribution in [0.4, 0.5) is 0 Å². The van der Waals surface area contributed by atoms with E-state index < -0.39 is 5.56 Å². The van der Waals surface area contributed by atoms with Crippen molar-refractivity contribution < 1.29 is 14.6 Å². The number of aryl methyl sites for hydroxylation is 1. The van der Waals surface area contributed by atoms with Gasteiger partial charge in [0.25, 0.3) is 11.5 Å². The van der Waals surface area contributed by atoms with Gasteiger partial charge in [0, 0.05) is 37.5 Å². The molecule has 0 unspecified atom stereocenters. The number of ether oxygens (including phenoxy) is 1. The van der Waals surface area contributed by atoms with Crippen molar-refractivity contribution in [1.82, 2.24) is 15.2 Å². The summed E-state index contributed by atoms with van der Waals surface area (Å²) in [6.07, 6.45) is 2.12. The third kappa shape index (κ3) is 4.61. The molecule has 3 N–H and O–H groups in total. The van der Waals surface area contributed by atoms with Crippen molar-refractivity contribution in [2.24, 2.45) is 0 Å². The van der Waals surface area contributed by atoms with E-state index in [1.54, 1.807) is 44.4 Å². The van der Waals surface area contributed by atoms with Gasteiger partial charge < -0.3 is 20.1 Å². The van der Waals surface area contributed by atoms with Crippen LogP contribution in [0, 0.1) is 6.92 Å². The molecule has 1 aliphatic rings. The van der Waals surface area contributed by atoms with Crippen LogP contribution >= 0.6 is 0 Å². The lowest BCUT2D eigenvalue weighted by Crippen LogP contribution is -2.42. The number of nitrogens with one attached hydrogen (secondary N) is 2. The molecule has 0 spiro atoms. The lowest BCUT2D eigenvalue weighted by Gasteiger charge is -2.24. The molecule has 2 heterocycles. The number of aromatic nitrogens is 1. The lowest BCUT2D eigenvalue weighted by atomic mass is 10.0. The number of pyridine rings is 1. The van der Waals surface area contributed by atoms with Crippen LogP contribution in [-0.4, -0.2) is 60.3 Å². The summed E-state index contributed by atoms with van der Waals surface area (Å²) in [6, 6.07) is 8.55. The normalized spacial score (nSPS) is 17.0. The van der Waals surface area contributed by atoms with Gasteiger partial charge in [-0.2, -0.15) is 0 Å². The number of carbonyl (C=O) groups excluding carboxylic acids is 1. The second-order valence-corrected chi connectivity index (χ2v) is 7.13. The fourth-order valence-corrected chi connectivity index (χ4v) is 3.67. The number of benzene rings is 1. The van der Waals surface area contributed by atoms with Crippen LogP contribution in [0.25, 0.3) is 11.1 Å². The first-order chi connectivity index (χ1) is 13.5. The molecule has 28 heavy (non-hydrogen) atoms. The van der Waals surface area contributed by atoms with Gasteiger partial charge in [-0.25, -0.2) is 0 Å². The van der Waals surface area contributed by atoms with Crippen LogP contribution in [0.2, 0.25) is 0 Å². The Hall–Kier alpha value is -2.64. The average Bonchev–Trinajstić information content (AvgIpc) is 3.13. The number of carbonyl (C=O) groups is 1. The van der Waals surface area contributed by atoms with E-state index in [0.717, 1.165) is 37.1 Å². The number of phenolic OH excluding ortho intramolecular Hbond substituents is 1. The number of methoxy groups -OCH3 is 1. The quantitative estimate of drug-likeness (QED) is 0.677. The maximum Gasteiger partial charge on any atom is 0.261 e. The number of phenols is 1. The van der Waals surface area contributed by atoms with E-state index in [1.165, 1.54) is 0 Å². The smallest absolute Gasteiger partial charge is 0.261 e. The zero-order chi connectivity index (χ0) is 20.1. The molecule has 2 aromatic rings. The monoisotopic (exact) mass is 385 g/mol. The number of H-pyrrole nitrogens is 1. The summed E-state index contributed by atoms with van der Waals surface area (Å²) in [5.74, 6) is -0.210. The van der Waals surface area contributed by atoms with Gasteiger partial charge in [-0.15, -0.1) is 0 Å². The highest BCUT2D eigenvalue weighted by Gasteiger charge is 2.25. The number of aromatic amines is 1. The molecule has 1 aromatic heterocycles. The van der Waals surface area contributed by atoms with Crippen molar-refractivity contribution in [3.05, 3.63) is 51.9 Å². The first-order valence-electron chi connectivity index (χ1n) is 9.54. The standard InChI is InChI=1S/C21H27N3O4/c1-14-18(15-5-7-17(25)8-6-15)12-19(21(27)23-14)20(26)22-13-16-4-3-9-24(16)10-11-28-2/h5-8,12,16,25H,3-4,9-11,13H2,1-2H3,(H,22,26)(H,23,27)/t16-/m0/s1. The SMILES string of the molecule is COCCN1CCC[C@H]1CNC(=O)c1cc(-c2ccc(O)cc2)c(C)[nH]c1=O. The van der Waals surface area contributed by atoms with Gasteiger partial charge in [0.05, 0.1) is 6.61 Å². The van der Waals surface area contributed by atoms with Gasteiger partial charge in [-0.05, 0) is 50.1 Å². The van der Waals surface area contributed by atoms with Gasteiger partial charge in [-0.3, -0.25) is 14.5 Å². The number of hydrogen-bond acceptors (Lipinski definition) is 5. The summed E-state index contributed by atoms with van der Waals surface area (Å²) in [4.78, 5) is 30.1. The van der Waals surface area contributed by atoms with Gasteiger partial charge in [0.15, 0.2) is 0 Å². The maximum atomic E-state index is 12.7. The molecule has 7 heteroatoms. The van der Waals surface area contributed by atoms with E-state index in [4.69, 9.17) is 4.74 Å². The molecule has 3 rings (SSSR count). The molecule has 1 aliphatic heterocycles. The van der Waals surface area contributed by atoms with E-state index in [0.29, 0.717) is 18.8 Å². The van der Waals surface area contributed by atoms with Crippen molar-refractivity contribution in [1.29, 1.82) is 0 Å². The highest BCUT2D eigenvalue weighted by atomic mass is 16.5. The summed E-state index contributed by atoms with van der Waals surface area (Å²) in [5, 5.41) is 12.4. The Kier molecular flexibility index (Phi) is 6.49. The molecule has 1 saturated heterocycles. The number of nitrogens with zero attached hydrogens (tertiary/aromatic N) is 1. The molecular weight excluding hydrogens is 358 g/mol. The van der Waals surface area contributed by atoms with Crippen molar-refractivity contribution in [2.75, 3.05) is 33.4 Å². The Morgan fingerprint density at radius 2 is 2.11 bits per heavy atom. The van der Waals surface area contributed by atoms with Crippen LogP contribution < -0.4 is 10.9 Å². The van der Waals surface area contributed by atoms with Crippen LogP contribution in [0.1, 0.15) is 28.9 Å². The van der Waals surface area contributed by atoms with Crippen molar-refractivity contribution >= 4 is 5.91 Å². The molecule has 150 valence electrons. The van der Waals surface area contributed by atoms with Gasteiger partial charge in [0.2, 0.25) is 0 Å². The zero-order valence-electron chi connectivity index (χ0n) is 16.3. The number of likely N-dealkylation sites (tertiary alicyclic amines) is 1. The molecule has 1 aromatic carbocycles. The third-order valence-corrected chi connectivity index (χ3v) is 5.24. The molecule has 1 amide bonds. The minimum absolute atomic E-state index is 0.0927. The minimum atomic E-state index is -0.403. The largest absolute Gasteiger partial charge is 0.508 e. The second kappa shape index (κ2) is 9.03. The average molecular weight is 385 g/mol. The van der Waals surface area contributed by atoms with Crippen LogP contribution in [0.5, 0.6) is 5.75 Å². The Morgan fingerprint density at radius 1 is 1.36 bits per heavy atom. The molecule has 0 saturated carbocycles. The van der Waals surface area contributed by atoms with Crippen molar-refractivity contribution in [2.45, 2.75) is 25.8 Å². The molecule has 1 fully saturated rings. The topological polar surface area (TPSA) is 94.7 Å². The van der Waals surface area contributed by atoms with Gasteiger partial charge in [-0.1, -0.05) is 12.1 Å². The summed E-state index contributed by atoms with van der Waals surface area (Å²) in [6.45, 7) is 4.80. The van der Waals surface area contributed by atoms with Gasteiger partial charge in [0.1, 0.15) is 11.3 Å². The summed E-state index contributed by atoms with van der Waals surface area (Å²) in [7, 11) is 1.68.